The van der Waals surface area contributed by atoms with E-state index in [4.69, 9.17) is 4.74 Å². The third kappa shape index (κ3) is 4.08. The van der Waals surface area contributed by atoms with E-state index in [9.17, 15) is 14.0 Å². The van der Waals surface area contributed by atoms with Crippen molar-refractivity contribution < 1.29 is 13.9 Å². The van der Waals surface area contributed by atoms with Gasteiger partial charge in [-0.15, -0.1) is 0 Å². The standard InChI is InChI=1S/C14H16FN3O3/c1-14(2,3)21-11(19)5-4-10-17-12-9(13(20)18-10)6-8(15)7-16-12/h6-7H,4-5H2,1-3H3,(H,16,17,18,20). The number of pyridine rings is 1. The maximum Gasteiger partial charge on any atom is 0.306 e. The van der Waals surface area contributed by atoms with E-state index >= 15 is 0 Å². The van der Waals surface area contributed by atoms with Crippen LogP contribution in [0.25, 0.3) is 11.0 Å². The van der Waals surface area contributed by atoms with Crippen molar-refractivity contribution in [3.63, 3.8) is 0 Å². The number of hydrogen-bond donors (Lipinski definition) is 1. The number of nitrogens with one attached hydrogen (secondary N) is 1. The van der Waals surface area contributed by atoms with Crippen molar-refractivity contribution in [3.8, 4) is 0 Å². The lowest BCUT2D eigenvalue weighted by Gasteiger charge is -2.19. The van der Waals surface area contributed by atoms with Gasteiger partial charge in [-0.2, -0.15) is 0 Å². The average Bonchev–Trinajstić information content (AvgIpc) is 2.35. The van der Waals surface area contributed by atoms with Gasteiger partial charge >= 0.3 is 5.97 Å². The Kier molecular flexibility index (Phi) is 4.02. The van der Waals surface area contributed by atoms with Crippen LogP contribution in [0, 0.1) is 5.82 Å². The van der Waals surface area contributed by atoms with Crippen molar-refractivity contribution in [2.24, 2.45) is 0 Å². The molecule has 0 spiro atoms. The number of carbonyl (C=O) groups excluding carboxylic acids is 1. The van der Waals surface area contributed by atoms with E-state index < -0.39 is 17.0 Å². The van der Waals surface area contributed by atoms with E-state index in [1.54, 1.807) is 20.8 Å². The molecule has 0 amide bonds. The Bertz CT molecular complexity index is 734. The fourth-order valence-corrected chi connectivity index (χ4v) is 1.77. The summed E-state index contributed by atoms with van der Waals surface area (Å²) < 4.78 is 18.2. The Morgan fingerprint density at radius 3 is 2.81 bits per heavy atom. The van der Waals surface area contributed by atoms with Crippen LogP contribution in [-0.2, 0) is 16.0 Å². The number of aromatic amines is 1. The lowest BCUT2D eigenvalue weighted by Crippen LogP contribution is -2.24. The van der Waals surface area contributed by atoms with E-state index in [-0.39, 0.29) is 29.8 Å². The molecule has 0 saturated carbocycles. The monoisotopic (exact) mass is 293 g/mol. The molecule has 2 aromatic heterocycles. The SMILES string of the molecule is CC(C)(C)OC(=O)CCc1nc2ncc(F)cc2c(=O)[nH]1. The Labute approximate surface area is 120 Å². The summed E-state index contributed by atoms with van der Waals surface area (Å²) in [6.07, 6.45) is 1.30. The van der Waals surface area contributed by atoms with Gasteiger partial charge in [-0.3, -0.25) is 9.59 Å². The number of H-pyrrole nitrogens is 1. The highest BCUT2D eigenvalue weighted by atomic mass is 19.1. The van der Waals surface area contributed by atoms with Crippen molar-refractivity contribution in [3.05, 3.63) is 34.3 Å². The van der Waals surface area contributed by atoms with E-state index in [1.807, 2.05) is 0 Å². The average molecular weight is 293 g/mol. The van der Waals surface area contributed by atoms with Gasteiger partial charge in [-0.25, -0.2) is 14.4 Å². The maximum atomic E-state index is 13.0. The Balaban J connectivity index is 2.15. The summed E-state index contributed by atoms with van der Waals surface area (Å²) in [5.74, 6) is -0.661. The van der Waals surface area contributed by atoms with Crippen LogP contribution in [0.5, 0.6) is 0 Å². The van der Waals surface area contributed by atoms with Crippen LogP contribution in [0.15, 0.2) is 17.1 Å². The van der Waals surface area contributed by atoms with Crippen LogP contribution in [0.1, 0.15) is 33.0 Å². The van der Waals surface area contributed by atoms with Gasteiger partial charge in [0.1, 0.15) is 17.2 Å². The second-order valence-corrected chi connectivity index (χ2v) is 5.62. The number of ether oxygens (including phenoxy) is 1. The van der Waals surface area contributed by atoms with Crippen molar-refractivity contribution in [1.29, 1.82) is 0 Å². The molecule has 0 radical (unpaired) electrons. The van der Waals surface area contributed by atoms with Crippen molar-refractivity contribution in [2.45, 2.75) is 39.2 Å². The summed E-state index contributed by atoms with van der Waals surface area (Å²) >= 11 is 0. The number of aryl methyl sites for hydroxylation is 1. The minimum Gasteiger partial charge on any atom is -0.460 e. The molecule has 0 saturated heterocycles. The summed E-state index contributed by atoms with van der Waals surface area (Å²) in [5.41, 5.74) is -0.883. The molecule has 0 fully saturated rings. The number of halogens is 1. The highest BCUT2D eigenvalue weighted by Gasteiger charge is 2.16. The number of carbonyl (C=O) groups is 1. The van der Waals surface area contributed by atoms with Crippen LogP contribution in [0.3, 0.4) is 0 Å². The molecule has 6 nitrogen and oxygen atoms in total. The number of nitrogens with zero attached hydrogens (tertiary/aromatic N) is 2. The Morgan fingerprint density at radius 1 is 1.43 bits per heavy atom. The van der Waals surface area contributed by atoms with Gasteiger partial charge in [0.25, 0.3) is 5.56 Å². The van der Waals surface area contributed by atoms with Gasteiger partial charge < -0.3 is 9.72 Å². The first-order valence-electron chi connectivity index (χ1n) is 6.51. The summed E-state index contributed by atoms with van der Waals surface area (Å²) in [4.78, 5) is 33.8. The molecule has 21 heavy (non-hydrogen) atoms. The van der Waals surface area contributed by atoms with Crippen LogP contribution < -0.4 is 5.56 Å². The Hall–Kier alpha value is -2.31. The molecule has 0 aromatic carbocycles. The zero-order chi connectivity index (χ0) is 15.6. The molecule has 0 aliphatic carbocycles. The molecule has 0 bridgehead atoms. The van der Waals surface area contributed by atoms with E-state index in [0.717, 1.165) is 12.3 Å². The van der Waals surface area contributed by atoms with Crippen LogP contribution in [0.2, 0.25) is 0 Å². The predicted octanol–water partition coefficient (Wildman–Crippen LogP) is 1.73. The summed E-state index contributed by atoms with van der Waals surface area (Å²) in [6.45, 7) is 5.33. The van der Waals surface area contributed by atoms with Gasteiger partial charge in [0.05, 0.1) is 18.0 Å². The molecule has 0 unspecified atom stereocenters. The van der Waals surface area contributed by atoms with Gasteiger partial charge in [0.2, 0.25) is 0 Å². The highest BCUT2D eigenvalue weighted by Crippen LogP contribution is 2.10. The molecule has 0 aliphatic heterocycles. The molecule has 0 atom stereocenters. The summed E-state index contributed by atoms with van der Waals surface area (Å²) in [6, 6.07) is 1.08. The topological polar surface area (TPSA) is 84.9 Å². The molecule has 7 heteroatoms. The smallest absolute Gasteiger partial charge is 0.306 e. The molecular formula is C14H16FN3O3. The van der Waals surface area contributed by atoms with E-state index in [2.05, 4.69) is 15.0 Å². The predicted molar refractivity (Wildman–Crippen MR) is 74.3 cm³/mol. The van der Waals surface area contributed by atoms with Crippen molar-refractivity contribution in [2.75, 3.05) is 0 Å². The van der Waals surface area contributed by atoms with Crippen LogP contribution >= 0.6 is 0 Å². The van der Waals surface area contributed by atoms with E-state index in [0.29, 0.717) is 5.82 Å². The zero-order valence-corrected chi connectivity index (χ0v) is 12.1. The van der Waals surface area contributed by atoms with E-state index in [1.165, 1.54) is 0 Å². The van der Waals surface area contributed by atoms with Gasteiger partial charge in [0, 0.05) is 6.42 Å². The lowest BCUT2D eigenvalue weighted by molar-refractivity contribution is -0.154. The summed E-state index contributed by atoms with van der Waals surface area (Å²) in [5, 5.41) is 0.0796. The summed E-state index contributed by atoms with van der Waals surface area (Å²) in [7, 11) is 0. The van der Waals surface area contributed by atoms with Gasteiger partial charge in [0.15, 0.2) is 5.65 Å². The number of aromatic nitrogens is 3. The molecular weight excluding hydrogens is 277 g/mol. The molecule has 2 rings (SSSR count). The third-order valence-corrected chi connectivity index (χ3v) is 2.56. The minimum atomic E-state index is -0.601. The van der Waals surface area contributed by atoms with Gasteiger partial charge in [-0.1, -0.05) is 0 Å². The maximum absolute atomic E-state index is 13.0. The molecule has 0 aliphatic rings. The quantitative estimate of drug-likeness (QED) is 0.871. The first kappa shape index (κ1) is 15.1. The van der Waals surface area contributed by atoms with Crippen LogP contribution in [-0.4, -0.2) is 26.5 Å². The van der Waals surface area contributed by atoms with Crippen molar-refractivity contribution >= 4 is 17.0 Å². The number of fused-ring (bicyclic) bond motifs is 1. The second-order valence-electron chi connectivity index (χ2n) is 5.62. The molecule has 2 aromatic rings. The third-order valence-electron chi connectivity index (χ3n) is 2.56. The largest absolute Gasteiger partial charge is 0.460 e. The second kappa shape index (κ2) is 5.59. The lowest BCUT2D eigenvalue weighted by atomic mass is 10.2. The van der Waals surface area contributed by atoms with Crippen LogP contribution in [0.4, 0.5) is 4.39 Å². The number of rotatable bonds is 3. The molecule has 2 heterocycles. The fraction of sp³-hybridized carbons (Fsp3) is 0.429. The molecule has 1 N–H and O–H groups in total. The normalized spacial score (nSPS) is 11.6. The number of hydrogen-bond acceptors (Lipinski definition) is 5. The fourth-order valence-electron chi connectivity index (χ4n) is 1.77. The number of esters is 1. The minimum absolute atomic E-state index is 0.0796. The zero-order valence-electron chi connectivity index (χ0n) is 12.1. The molecule has 112 valence electrons. The first-order chi connectivity index (χ1) is 9.74. The van der Waals surface area contributed by atoms with Gasteiger partial charge in [-0.05, 0) is 26.8 Å². The first-order valence-corrected chi connectivity index (χ1v) is 6.51. The van der Waals surface area contributed by atoms with Crippen molar-refractivity contribution in [1.82, 2.24) is 15.0 Å². The highest BCUT2D eigenvalue weighted by molar-refractivity contribution is 5.73. The Morgan fingerprint density at radius 2 is 2.14 bits per heavy atom.